The predicted octanol–water partition coefficient (Wildman–Crippen LogP) is 5.32. The molecule has 5 aromatic rings. The Bertz CT molecular complexity index is 1450. The van der Waals surface area contributed by atoms with E-state index in [-0.39, 0.29) is 0 Å². The zero-order valence-electron chi connectivity index (χ0n) is 16.5. The van der Waals surface area contributed by atoms with Crippen molar-refractivity contribution >= 4 is 38.6 Å². The van der Waals surface area contributed by atoms with E-state index in [9.17, 15) is 4.79 Å². The molecular weight excluding hydrogens is 382 g/mol. The molecule has 0 spiro atoms. The first-order chi connectivity index (χ1) is 14.7. The van der Waals surface area contributed by atoms with Gasteiger partial charge >= 0.3 is 5.63 Å². The Morgan fingerprint density at radius 2 is 1.63 bits per heavy atom. The summed E-state index contributed by atoms with van der Waals surface area (Å²) in [5.41, 5.74) is 3.26. The fraction of sp³-hybridized carbons (Fsp3) is 0.125. The van der Waals surface area contributed by atoms with Crippen LogP contribution in [-0.2, 0) is 6.54 Å². The van der Waals surface area contributed by atoms with Crippen LogP contribution in [0.5, 0.6) is 11.5 Å². The Morgan fingerprint density at radius 1 is 0.800 bits per heavy atom. The monoisotopic (exact) mass is 401 g/mol. The van der Waals surface area contributed by atoms with Crippen LogP contribution in [0, 0.1) is 0 Å². The number of nitrogens with one attached hydrogen (secondary N) is 1. The maximum atomic E-state index is 12.0. The molecule has 2 heterocycles. The van der Waals surface area contributed by atoms with E-state index in [0.717, 1.165) is 38.6 Å². The van der Waals surface area contributed by atoms with Gasteiger partial charge in [-0.2, -0.15) is 0 Å². The summed E-state index contributed by atoms with van der Waals surface area (Å²) in [7, 11) is 3.21. The second-order valence-corrected chi connectivity index (χ2v) is 6.95. The number of benzene rings is 3. The Kier molecular flexibility index (Phi) is 4.32. The number of anilines is 1. The average molecular weight is 401 g/mol. The number of ether oxygens (including phenoxy) is 2. The minimum atomic E-state index is -0.410. The first kappa shape index (κ1) is 18.1. The van der Waals surface area contributed by atoms with Gasteiger partial charge in [-0.15, -0.1) is 0 Å². The molecule has 0 radical (unpaired) electrons. The molecule has 1 N–H and O–H groups in total. The second-order valence-electron chi connectivity index (χ2n) is 6.95. The van der Waals surface area contributed by atoms with Gasteiger partial charge in [-0.3, -0.25) is 0 Å². The number of hydrogen-bond acceptors (Lipinski definition) is 6. The van der Waals surface area contributed by atoms with E-state index in [1.165, 1.54) is 6.07 Å². The number of rotatable bonds is 5. The van der Waals surface area contributed by atoms with Crippen LogP contribution in [0.4, 0.5) is 5.69 Å². The third-order valence-corrected chi connectivity index (χ3v) is 5.21. The lowest BCUT2D eigenvalue weighted by atomic mass is 10.1. The van der Waals surface area contributed by atoms with Gasteiger partial charge in [0.05, 0.1) is 19.9 Å². The summed E-state index contributed by atoms with van der Waals surface area (Å²) in [5, 5.41) is 6.24. The fourth-order valence-corrected chi connectivity index (χ4v) is 3.73. The van der Waals surface area contributed by atoms with E-state index in [1.807, 2.05) is 48.5 Å². The van der Waals surface area contributed by atoms with Crippen molar-refractivity contribution in [2.24, 2.45) is 0 Å². The quantitative estimate of drug-likeness (QED) is 0.402. The standard InChI is InChI=1S/C24H19NO5/c1-27-15-7-8-16-14(9-24(26)30-21(16)10-15)13-25-19-12-22-18(11-23(19)28-2)17-5-3-4-6-20(17)29-22/h3-12,25H,13H2,1-2H3. The molecule has 0 aliphatic carbocycles. The van der Waals surface area contributed by atoms with E-state index in [1.54, 1.807) is 20.3 Å². The second kappa shape index (κ2) is 7.15. The Hall–Kier alpha value is -3.93. The van der Waals surface area contributed by atoms with Crippen molar-refractivity contribution in [2.45, 2.75) is 6.54 Å². The molecule has 5 rings (SSSR count). The first-order valence-electron chi connectivity index (χ1n) is 9.50. The SMILES string of the molecule is COc1ccc2c(CNc3cc4oc5ccccc5c4cc3OC)cc(=O)oc2c1. The number of methoxy groups -OCH3 is 2. The van der Waals surface area contributed by atoms with E-state index in [0.29, 0.717) is 23.6 Å². The molecule has 3 aromatic carbocycles. The first-order valence-corrected chi connectivity index (χ1v) is 9.50. The van der Waals surface area contributed by atoms with Crippen LogP contribution in [0.2, 0.25) is 0 Å². The highest BCUT2D eigenvalue weighted by Crippen LogP contribution is 2.36. The number of hydrogen-bond donors (Lipinski definition) is 1. The van der Waals surface area contributed by atoms with Crippen molar-refractivity contribution in [2.75, 3.05) is 19.5 Å². The molecule has 0 aliphatic rings. The van der Waals surface area contributed by atoms with Gasteiger partial charge in [-0.1, -0.05) is 18.2 Å². The highest BCUT2D eigenvalue weighted by Gasteiger charge is 2.13. The summed E-state index contributed by atoms with van der Waals surface area (Å²) in [6, 6.07) is 18.7. The summed E-state index contributed by atoms with van der Waals surface area (Å²) < 4.78 is 22.1. The van der Waals surface area contributed by atoms with Gasteiger partial charge in [0.2, 0.25) is 0 Å². The maximum Gasteiger partial charge on any atom is 0.336 e. The molecular formula is C24H19NO5. The lowest BCUT2D eigenvalue weighted by molar-refractivity contribution is 0.414. The summed E-state index contributed by atoms with van der Waals surface area (Å²) in [5.74, 6) is 1.33. The molecule has 0 saturated heterocycles. The summed E-state index contributed by atoms with van der Waals surface area (Å²) in [6.07, 6.45) is 0. The number of para-hydroxylation sites is 1. The largest absolute Gasteiger partial charge is 0.497 e. The predicted molar refractivity (Wildman–Crippen MR) is 117 cm³/mol. The highest BCUT2D eigenvalue weighted by molar-refractivity contribution is 6.06. The van der Waals surface area contributed by atoms with E-state index in [4.69, 9.17) is 18.3 Å². The number of furan rings is 1. The molecule has 6 nitrogen and oxygen atoms in total. The van der Waals surface area contributed by atoms with Gasteiger partial charge in [0.1, 0.15) is 28.2 Å². The van der Waals surface area contributed by atoms with E-state index < -0.39 is 5.63 Å². The Morgan fingerprint density at radius 3 is 2.47 bits per heavy atom. The van der Waals surface area contributed by atoms with Crippen molar-refractivity contribution in [1.29, 1.82) is 0 Å². The van der Waals surface area contributed by atoms with Crippen LogP contribution >= 0.6 is 0 Å². The fourth-order valence-electron chi connectivity index (χ4n) is 3.73. The van der Waals surface area contributed by atoms with Crippen LogP contribution < -0.4 is 20.4 Å². The van der Waals surface area contributed by atoms with Crippen LogP contribution in [-0.4, -0.2) is 14.2 Å². The van der Waals surface area contributed by atoms with Crippen molar-refractivity contribution < 1.29 is 18.3 Å². The molecule has 0 amide bonds. The van der Waals surface area contributed by atoms with Gasteiger partial charge in [0.15, 0.2) is 0 Å². The van der Waals surface area contributed by atoms with Crippen molar-refractivity contribution in [1.82, 2.24) is 0 Å². The zero-order chi connectivity index (χ0) is 20.7. The van der Waals surface area contributed by atoms with Gasteiger partial charge in [0, 0.05) is 40.9 Å². The normalized spacial score (nSPS) is 11.3. The van der Waals surface area contributed by atoms with Crippen LogP contribution in [0.25, 0.3) is 32.9 Å². The van der Waals surface area contributed by atoms with Crippen molar-refractivity contribution in [3.05, 3.63) is 76.6 Å². The molecule has 6 heteroatoms. The molecule has 0 saturated carbocycles. The molecule has 2 aromatic heterocycles. The molecule has 150 valence electrons. The lowest BCUT2D eigenvalue weighted by Gasteiger charge is -2.12. The Labute approximate surface area is 171 Å². The molecule has 0 bridgehead atoms. The zero-order valence-corrected chi connectivity index (χ0v) is 16.5. The minimum absolute atomic E-state index is 0.410. The average Bonchev–Trinajstić information content (AvgIpc) is 3.13. The smallest absolute Gasteiger partial charge is 0.336 e. The van der Waals surface area contributed by atoms with E-state index >= 15 is 0 Å². The summed E-state index contributed by atoms with van der Waals surface area (Å²) >= 11 is 0. The Balaban J connectivity index is 1.54. The molecule has 0 fully saturated rings. The molecule has 30 heavy (non-hydrogen) atoms. The van der Waals surface area contributed by atoms with Gasteiger partial charge < -0.3 is 23.6 Å². The topological polar surface area (TPSA) is 73.8 Å². The van der Waals surface area contributed by atoms with Crippen LogP contribution in [0.15, 0.2) is 74.3 Å². The van der Waals surface area contributed by atoms with Crippen molar-refractivity contribution in [3.8, 4) is 11.5 Å². The van der Waals surface area contributed by atoms with E-state index in [2.05, 4.69) is 5.32 Å². The number of fused-ring (bicyclic) bond motifs is 4. The molecule has 0 atom stereocenters. The van der Waals surface area contributed by atoms with Gasteiger partial charge in [-0.05, 0) is 29.8 Å². The summed E-state index contributed by atoms with van der Waals surface area (Å²) in [6.45, 7) is 0.413. The summed E-state index contributed by atoms with van der Waals surface area (Å²) in [4.78, 5) is 12.0. The maximum absolute atomic E-state index is 12.0. The highest BCUT2D eigenvalue weighted by atomic mass is 16.5. The third kappa shape index (κ3) is 3.03. The molecule has 0 unspecified atom stereocenters. The third-order valence-electron chi connectivity index (χ3n) is 5.21. The van der Waals surface area contributed by atoms with Crippen molar-refractivity contribution in [3.63, 3.8) is 0 Å². The lowest BCUT2D eigenvalue weighted by Crippen LogP contribution is -2.06. The van der Waals surface area contributed by atoms with Gasteiger partial charge in [-0.25, -0.2) is 4.79 Å². The minimum Gasteiger partial charge on any atom is -0.497 e. The molecule has 0 aliphatic heterocycles. The van der Waals surface area contributed by atoms with Crippen LogP contribution in [0.1, 0.15) is 5.56 Å². The van der Waals surface area contributed by atoms with Gasteiger partial charge in [0.25, 0.3) is 0 Å². The van der Waals surface area contributed by atoms with Crippen LogP contribution in [0.3, 0.4) is 0 Å².